The van der Waals surface area contributed by atoms with Crippen LogP contribution >= 0.6 is 0 Å². The summed E-state index contributed by atoms with van der Waals surface area (Å²) in [6, 6.07) is 0. The van der Waals surface area contributed by atoms with Crippen LogP contribution in [-0.2, 0) is 6.54 Å². The van der Waals surface area contributed by atoms with E-state index in [1.54, 1.807) is 0 Å². The van der Waals surface area contributed by atoms with Crippen LogP contribution in [0, 0.1) is 0 Å². The quantitative estimate of drug-likeness (QED) is 0.717. The summed E-state index contributed by atoms with van der Waals surface area (Å²) >= 11 is 0. The summed E-state index contributed by atoms with van der Waals surface area (Å²) in [5, 5.41) is 9.13. The van der Waals surface area contributed by atoms with Gasteiger partial charge in [0.05, 0.1) is 11.8 Å². The van der Waals surface area contributed by atoms with Crippen molar-refractivity contribution in [1.82, 2.24) is 4.98 Å². The number of carbonyl (C=O) groups is 1. The van der Waals surface area contributed by atoms with Gasteiger partial charge in [-0.1, -0.05) is 0 Å². The van der Waals surface area contributed by atoms with E-state index in [1.165, 1.54) is 0 Å². The Morgan fingerprint density at radius 2 is 2.29 bits per heavy atom. The molecule has 0 aromatic carbocycles. The lowest BCUT2D eigenvalue weighted by Gasteiger charge is -2.09. The van der Waals surface area contributed by atoms with E-state index >= 15 is 0 Å². The van der Waals surface area contributed by atoms with Gasteiger partial charge in [-0.05, 0) is 0 Å². The lowest BCUT2D eigenvalue weighted by atomic mass is 10.1. The summed E-state index contributed by atoms with van der Waals surface area (Å²) in [6.07, 6.45) is -1.72. The van der Waals surface area contributed by atoms with Crippen LogP contribution in [0.4, 0.5) is 8.78 Å². The fourth-order valence-corrected chi connectivity index (χ4v) is 1.10. The van der Waals surface area contributed by atoms with Crippen molar-refractivity contribution in [3.63, 3.8) is 0 Å². The molecule has 1 aromatic rings. The summed E-state index contributed by atoms with van der Waals surface area (Å²) in [7, 11) is 0. The third kappa shape index (κ3) is 1.69. The number of hydrogen-bond donors (Lipinski definition) is 2. The smallest absolute Gasteiger partial charge is 0.280 e. The maximum atomic E-state index is 12.3. The SMILES string of the molecule is NCc1c(C(F)F)ncc(O)c1C=O. The molecule has 0 atom stereocenters. The minimum Gasteiger partial charge on any atom is -0.506 e. The molecule has 0 aliphatic rings. The molecule has 4 nitrogen and oxygen atoms in total. The van der Waals surface area contributed by atoms with Crippen molar-refractivity contribution in [3.8, 4) is 5.75 Å². The highest BCUT2D eigenvalue weighted by atomic mass is 19.3. The minimum atomic E-state index is -2.81. The van der Waals surface area contributed by atoms with Gasteiger partial charge in [0, 0.05) is 12.1 Å². The van der Waals surface area contributed by atoms with Crippen LogP contribution in [0.1, 0.15) is 28.0 Å². The summed E-state index contributed by atoms with van der Waals surface area (Å²) in [6.45, 7) is -0.269. The van der Waals surface area contributed by atoms with E-state index in [9.17, 15) is 13.6 Å². The molecule has 0 aliphatic heterocycles. The number of nitrogens with two attached hydrogens (primary N) is 1. The molecule has 3 N–H and O–H groups in total. The molecule has 0 radical (unpaired) electrons. The first-order chi connectivity index (χ1) is 6.61. The van der Waals surface area contributed by atoms with Gasteiger partial charge in [0.1, 0.15) is 11.4 Å². The van der Waals surface area contributed by atoms with Gasteiger partial charge in [0.2, 0.25) is 0 Å². The predicted molar refractivity (Wildman–Crippen MR) is 44.1 cm³/mol. The molecule has 0 saturated heterocycles. The average Bonchev–Trinajstić information content (AvgIpc) is 2.16. The van der Waals surface area contributed by atoms with Gasteiger partial charge in [0.15, 0.2) is 6.29 Å². The Bertz CT molecular complexity index is 355. The second-order valence-electron chi connectivity index (χ2n) is 2.54. The first-order valence-corrected chi connectivity index (χ1v) is 3.76. The number of carbonyl (C=O) groups excluding carboxylic acids is 1. The molecular formula is C8H8F2N2O2. The largest absolute Gasteiger partial charge is 0.506 e. The zero-order valence-corrected chi connectivity index (χ0v) is 7.08. The van der Waals surface area contributed by atoms with Gasteiger partial charge in [-0.3, -0.25) is 9.78 Å². The van der Waals surface area contributed by atoms with Crippen molar-refractivity contribution in [2.45, 2.75) is 13.0 Å². The van der Waals surface area contributed by atoms with Crippen LogP contribution in [0.15, 0.2) is 6.20 Å². The molecular weight excluding hydrogens is 194 g/mol. The molecule has 6 heteroatoms. The number of aromatic nitrogens is 1. The highest BCUT2D eigenvalue weighted by molar-refractivity contribution is 5.81. The number of aldehydes is 1. The van der Waals surface area contributed by atoms with Crippen molar-refractivity contribution in [2.24, 2.45) is 5.73 Å². The number of nitrogens with zero attached hydrogens (tertiary/aromatic N) is 1. The Morgan fingerprint density at radius 1 is 1.64 bits per heavy atom. The second kappa shape index (κ2) is 4.10. The Hall–Kier alpha value is -1.56. The normalized spacial score (nSPS) is 10.6. The number of rotatable bonds is 3. The van der Waals surface area contributed by atoms with Crippen LogP contribution in [0.2, 0.25) is 0 Å². The Kier molecular flexibility index (Phi) is 3.08. The molecule has 76 valence electrons. The first kappa shape index (κ1) is 10.5. The maximum Gasteiger partial charge on any atom is 0.280 e. The highest BCUT2D eigenvalue weighted by Crippen LogP contribution is 2.26. The highest BCUT2D eigenvalue weighted by Gasteiger charge is 2.19. The van der Waals surface area contributed by atoms with Crippen molar-refractivity contribution in [2.75, 3.05) is 0 Å². The molecule has 0 amide bonds. The minimum absolute atomic E-state index is 0.116. The van der Waals surface area contributed by atoms with Crippen molar-refractivity contribution >= 4 is 6.29 Å². The molecule has 0 fully saturated rings. The average molecular weight is 202 g/mol. The van der Waals surface area contributed by atoms with E-state index in [4.69, 9.17) is 10.8 Å². The fraction of sp³-hybridized carbons (Fsp3) is 0.250. The Morgan fingerprint density at radius 3 is 2.71 bits per heavy atom. The Balaban J connectivity index is 3.40. The van der Waals surface area contributed by atoms with Gasteiger partial charge in [0.25, 0.3) is 6.43 Å². The summed E-state index contributed by atoms with van der Waals surface area (Å²) in [5.74, 6) is -0.440. The van der Waals surface area contributed by atoms with Crippen LogP contribution in [-0.4, -0.2) is 16.4 Å². The summed E-state index contributed by atoms with van der Waals surface area (Å²) in [5.41, 5.74) is 4.29. The lowest BCUT2D eigenvalue weighted by Crippen LogP contribution is -2.08. The van der Waals surface area contributed by atoms with E-state index in [1.807, 2.05) is 0 Å². The Labute approximate surface area is 78.4 Å². The molecule has 0 bridgehead atoms. The first-order valence-electron chi connectivity index (χ1n) is 3.76. The molecule has 0 spiro atoms. The summed E-state index contributed by atoms with van der Waals surface area (Å²) in [4.78, 5) is 13.8. The lowest BCUT2D eigenvalue weighted by molar-refractivity contribution is 0.111. The second-order valence-corrected chi connectivity index (χ2v) is 2.54. The zero-order valence-electron chi connectivity index (χ0n) is 7.08. The molecule has 0 aliphatic carbocycles. The molecule has 1 heterocycles. The van der Waals surface area contributed by atoms with E-state index in [-0.39, 0.29) is 24.0 Å². The van der Waals surface area contributed by atoms with E-state index < -0.39 is 17.9 Å². The van der Waals surface area contributed by atoms with Gasteiger partial charge in [-0.2, -0.15) is 0 Å². The van der Waals surface area contributed by atoms with Crippen molar-refractivity contribution < 1.29 is 18.7 Å². The van der Waals surface area contributed by atoms with E-state index in [0.29, 0.717) is 0 Å². The topological polar surface area (TPSA) is 76.2 Å². The van der Waals surface area contributed by atoms with E-state index in [0.717, 1.165) is 6.20 Å². The number of alkyl halides is 2. The number of pyridine rings is 1. The number of halogens is 2. The third-order valence-corrected chi connectivity index (χ3v) is 1.76. The predicted octanol–water partition coefficient (Wildman–Crippen LogP) is 0.996. The van der Waals surface area contributed by atoms with Crippen molar-refractivity contribution in [3.05, 3.63) is 23.0 Å². The molecule has 0 saturated carbocycles. The monoisotopic (exact) mass is 202 g/mol. The van der Waals surface area contributed by atoms with Crippen LogP contribution < -0.4 is 5.73 Å². The summed E-state index contributed by atoms with van der Waals surface area (Å²) < 4.78 is 24.7. The standard InChI is InChI=1S/C8H8F2N2O2/c9-8(10)7-4(1-11)5(3-13)6(14)2-12-7/h2-3,8,14H,1,11H2. The fourth-order valence-electron chi connectivity index (χ4n) is 1.10. The van der Waals surface area contributed by atoms with Crippen LogP contribution in [0.25, 0.3) is 0 Å². The molecule has 1 rings (SSSR count). The van der Waals surface area contributed by atoms with Gasteiger partial charge < -0.3 is 10.8 Å². The zero-order chi connectivity index (χ0) is 10.7. The maximum absolute atomic E-state index is 12.3. The third-order valence-electron chi connectivity index (χ3n) is 1.76. The van der Waals surface area contributed by atoms with E-state index in [2.05, 4.69) is 4.98 Å². The number of aromatic hydroxyl groups is 1. The van der Waals surface area contributed by atoms with Gasteiger partial charge in [-0.25, -0.2) is 8.78 Å². The van der Waals surface area contributed by atoms with Gasteiger partial charge >= 0.3 is 0 Å². The van der Waals surface area contributed by atoms with Crippen LogP contribution in [0.3, 0.4) is 0 Å². The molecule has 14 heavy (non-hydrogen) atoms. The van der Waals surface area contributed by atoms with Gasteiger partial charge in [-0.15, -0.1) is 0 Å². The molecule has 0 unspecified atom stereocenters. The molecule has 1 aromatic heterocycles. The van der Waals surface area contributed by atoms with Crippen LogP contribution in [0.5, 0.6) is 5.75 Å². The number of hydrogen-bond acceptors (Lipinski definition) is 4. The van der Waals surface area contributed by atoms with Crippen molar-refractivity contribution in [1.29, 1.82) is 0 Å².